The average molecular weight is 430 g/mol. The molecule has 0 atom stereocenters. The van der Waals surface area contributed by atoms with Crippen LogP contribution in [0.5, 0.6) is 11.5 Å². The number of fused-ring (bicyclic) bond motifs is 1. The van der Waals surface area contributed by atoms with Gasteiger partial charge in [0.1, 0.15) is 13.2 Å². The van der Waals surface area contributed by atoms with Gasteiger partial charge in [-0.3, -0.25) is 19.7 Å². The summed E-state index contributed by atoms with van der Waals surface area (Å²) in [6, 6.07) is 19.0. The van der Waals surface area contributed by atoms with Crippen LogP contribution in [0.4, 0.5) is 11.4 Å². The fraction of sp³-hybridized carbons (Fsp3) is 0.0833. The summed E-state index contributed by atoms with van der Waals surface area (Å²) < 4.78 is 11.0. The Hall–Kier alpha value is -4.46. The Bertz CT molecular complexity index is 1200. The molecule has 0 aromatic heterocycles. The number of amides is 1. The van der Waals surface area contributed by atoms with E-state index in [0.29, 0.717) is 41.5 Å². The maximum atomic E-state index is 13.1. The molecule has 0 saturated carbocycles. The van der Waals surface area contributed by atoms with Gasteiger partial charge in [-0.05, 0) is 35.9 Å². The van der Waals surface area contributed by atoms with Crippen LogP contribution in [0.1, 0.15) is 15.9 Å². The first-order chi connectivity index (χ1) is 15.5. The number of nitrogens with one attached hydrogen (secondary N) is 1. The Morgan fingerprint density at radius 3 is 2.28 bits per heavy atom. The second kappa shape index (κ2) is 9.13. The minimum absolute atomic E-state index is 0.0844. The van der Waals surface area contributed by atoms with Crippen molar-refractivity contribution >= 4 is 29.1 Å². The lowest BCUT2D eigenvalue weighted by atomic mass is 10.00. The lowest BCUT2D eigenvalue weighted by Crippen LogP contribution is -2.21. The van der Waals surface area contributed by atoms with Crippen molar-refractivity contribution in [3.05, 3.63) is 99.6 Å². The van der Waals surface area contributed by atoms with Gasteiger partial charge >= 0.3 is 0 Å². The number of Topliss-reactive ketones (excluding diaryl/α,β-unsaturated/α-hetero) is 1. The van der Waals surface area contributed by atoms with Crippen molar-refractivity contribution in [2.24, 2.45) is 0 Å². The highest BCUT2D eigenvalue weighted by atomic mass is 16.6. The second-order valence-corrected chi connectivity index (χ2v) is 6.91. The molecular formula is C24H18N2O6. The number of rotatable bonds is 6. The Morgan fingerprint density at radius 1 is 0.906 bits per heavy atom. The van der Waals surface area contributed by atoms with Gasteiger partial charge in [-0.15, -0.1) is 0 Å². The van der Waals surface area contributed by atoms with Gasteiger partial charge in [0.05, 0.1) is 10.5 Å². The molecule has 0 unspecified atom stereocenters. The number of non-ortho nitro benzene ring substituents is 1. The van der Waals surface area contributed by atoms with E-state index in [0.717, 1.165) is 0 Å². The van der Waals surface area contributed by atoms with Gasteiger partial charge in [-0.1, -0.05) is 30.3 Å². The van der Waals surface area contributed by atoms with E-state index >= 15 is 0 Å². The van der Waals surface area contributed by atoms with Gasteiger partial charge in [0.25, 0.3) is 11.6 Å². The van der Waals surface area contributed by atoms with Crippen LogP contribution in [0.15, 0.2) is 78.4 Å². The molecule has 0 radical (unpaired) electrons. The molecule has 32 heavy (non-hydrogen) atoms. The zero-order valence-corrected chi connectivity index (χ0v) is 16.8. The topological polar surface area (TPSA) is 108 Å². The number of anilines is 1. The minimum Gasteiger partial charge on any atom is -0.486 e. The zero-order chi connectivity index (χ0) is 22.5. The van der Waals surface area contributed by atoms with E-state index in [4.69, 9.17) is 9.47 Å². The van der Waals surface area contributed by atoms with Crippen LogP contribution in [0.2, 0.25) is 0 Å². The van der Waals surface area contributed by atoms with Crippen LogP contribution in [-0.2, 0) is 4.79 Å². The van der Waals surface area contributed by atoms with Crippen molar-refractivity contribution in [1.82, 2.24) is 0 Å². The number of ether oxygens (including phenoxy) is 2. The third-order valence-electron chi connectivity index (χ3n) is 4.74. The Balaban J connectivity index is 1.66. The monoisotopic (exact) mass is 430 g/mol. The fourth-order valence-corrected chi connectivity index (χ4v) is 3.16. The summed E-state index contributed by atoms with van der Waals surface area (Å²) in [5.41, 5.74) is 1.07. The van der Waals surface area contributed by atoms with E-state index in [1.165, 1.54) is 30.3 Å². The number of benzene rings is 3. The maximum absolute atomic E-state index is 13.1. The molecule has 0 aliphatic carbocycles. The van der Waals surface area contributed by atoms with E-state index in [1.54, 1.807) is 48.5 Å². The molecule has 1 heterocycles. The van der Waals surface area contributed by atoms with Crippen molar-refractivity contribution in [1.29, 1.82) is 0 Å². The summed E-state index contributed by atoms with van der Waals surface area (Å²) in [5, 5.41) is 13.6. The van der Waals surface area contributed by atoms with Crippen LogP contribution >= 0.6 is 0 Å². The molecule has 3 aromatic rings. The van der Waals surface area contributed by atoms with Crippen LogP contribution < -0.4 is 14.8 Å². The van der Waals surface area contributed by atoms with E-state index in [1.807, 2.05) is 0 Å². The fourth-order valence-electron chi connectivity index (χ4n) is 3.16. The molecule has 8 nitrogen and oxygen atoms in total. The van der Waals surface area contributed by atoms with Crippen molar-refractivity contribution < 1.29 is 24.0 Å². The van der Waals surface area contributed by atoms with Crippen LogP contribution in [0, 0.1) is 10.1 Å². The highest BCUT2D eigenvalue weighted by Gasteiger charge is 2.21. The summed E-state index contributed by atoms with van der Waals surface area (Å²) in [6.07, 6.45) is 1.41. The molecule has 0 bridgehead atoms. The van der Waals surface area contributed by atoms with Crippen molar-refractivity contribution in [3.8, 4) is 11.5 Å². The molecule has 0 fully saturated rings. The Kier molecular flexibility index (Phi) is 5.94. The van der Waals surface area contributed by atoms with Crippen molar-refractivity contribution in [2.45, 2.75) is 0 Å². The number of carbonyl (C=O) groups excluding carboxylic acids is 2. The van der Waals surface area contributed by atoms with Crippen LogP contribution in [0.25, 0.3) is 6.08 Å². The van der Waals surface area contributed by atoms with Gasteiger partial charge in [0.15, 0.2) is 17.3 Å². The van der Waals surface area contributed by atoms with E-state index < -0.39 is 16.6 Å². The normalized spacial score (nSPS) is 12.7. The molecule has 1 aliphatic rings. The molecule has 1 aliphatic heterocycles. The maximum Gasteiger partial charge on any atom is 0.269 e. The minimum atomic E-state index is -0.617. The first-order valence-electron chi connectivity index (χ1n) is 9.78. The first kappa shape index (κ1) is 20.8. The molecule has 0 spiro atoms. The summed E-state index contributed by atoms with van der Waals surface area (Å²) >= 11 is 0. The summed E-state index contributed by atoms with van der Waals surface area (Å²) in [6.45, 7) is 0.856. The summed E-state index contributed by atoms with van der Waals surface area (Å²) in [4.78, 5) is 36.6. The van der Waals surface area contributed by atoms with Gasteiger partial charge in [-0.2, -0.15) is 0 Å². The summed E-state index contributed by atoms with van der Waals surface area (Å²) in [7, 11) is 0. The third-order valence-corrected chi connectivity index (χ3v) is 4.74. The molecule has 160 valence electrons. The number of hydrogen-bond donors (Lipinski definition) is 1. The van der Waals surface area contributed by atoms with Crippen molar-refractivity contribution in [3.63, 3.8) is 0 Å². The van der Waals surface area contributed by atoms with Crippen LogP contribution in [-0.4, -0.2) is 29.8 Å². The molecule has 1 N–H and O–H groups in total. The lowest BCUT2D eigenvalue weighted by Gasteiger charge is -2.19. The Morgan fingerprint density at radius 2 is 1.59 bits per heavy atom. The van der Waals surface area contributed by atoms with E-state index in [9.17, 15) is 19.7 Å². The number of hydrogen-bond acceptors (Lipinski definition) is 6. The van der Waals surface area contributed by atoms with E-state index in [-0.39, 0.29) is 11.3 Å². The number of nitrogens with zero attached hydrogens (tertiary/aromatic N) is 1. The number of nitro groups is 1. The number of nitro benzene ring substituents is 1. The van der Waals surface area contributed by atoms with Gasteiger partial charge in [0, 0.05) is 29.4 Å². The zero-order valence-electron chi connectivity index (χ0n) is 16.8. The molecule has 0 saturated heterocycles. The van der Waals surface area contributed by atoms with Gasteiger partial charge in [0.2, 0.25) is 0 Å². The molecule has 4 rings (SSSR count). The number of ketones is 1. The van der Waals surface area contributed by atoms with E-state index in [2.05, 4.69) is 5.32 Å². The van der Waals surface area contributed by atoms with Gasteiger partial charge in [-0.25, -0.2) is 0 Å². The smallest absolute Gasteiger partial charge is 0.269 e. The largest absolute Gasteiger partial charge is 0.486 e. The van der Waals surface area contributed by atoms with Crippen molar-refractivity contribution in [2.75, 3.05) is 18.5 Å². The Labute approximate surface area is 183 Å². The molecule has 1 amide bonds. The average Bonchev–Trinajstić information content (AvgIpc) is 2.83. The SMILES string of the molecule is O=C(Nc1ccc2c(c1)OCCO2)C(=Cc1ccc([N+](=O)[O-])cc1)C(=O)c1ccccc1. The quantitative estimate of drug-likeness (QED) is 0.156. The predicted octanol–water partition coefficient (Wildman–Crippen LogP) is 4.27. The highest BCUT2D eigenvalue weighted by molar-refractivity contribution is 6.31. The highest BCUT2D eigenvalue weighted by Crippen LogP contribution is 2.32. The predicted molar refractivity (Wildman–Crippen MR) is 118 cm³/mol. The second-order valence-electron chi connectivity index (χ2n) is 6.91. The molecule has 8 heteroatoms. The standard InChI is InChI=1S/C24H18N2O6/c27-23(17-4-2-1-3-5-17)20(14-16-6-9-19(10-7-16)26(29)30)24(28)25-18-8-11-21-22(15-18)32-13-12-31-21/h1-11,14-15H,12-13H2,(H,25,28). The third kappa shape index (κ3) is 4.65. The first-order valence-corrected chi connectivity index (χ1v) is 9.78. The van der Waals surface area contributed by atoms with Gasteiger partial charge < -0.3 is 14.8 Å². The molecular weight excluding hydrogens is 412 g/mol. The summed E-state index contributed by atoms with van der Waals surface area (Å²) in [5.74, 6) is -0.00605. The lowest BCUT2D eigenvalue weighted by molar-refractivity contribution is -0.384. The van der Waals surface area contributed by atoms with Crippen LogP contribution in [0.3, 0.4) is 0 Å². The number of carbonyl (C=O) groups is 2. The molecule has 3 aromatic carbocycles.